The first kappa shape index (κ1) is 15.2. The SMILES string of the molecule is CN(C)CCN1C(=O)CCC12CCCN(c1ncccn1)C2. The maximum Gasteiger partial charge on any atom is 0.225 e. The van der Waals surface area contributed by atoms with Gasteiger partial charge < -0.3 is 14.7 Å². The van der Waals surface area contributed by atoms with E-state index in [1.54, 1.807) is 12.4 Å². The molecule has 0 aromatic carbocycles. The Morgan fingerprint density at radius 2 is 2.05 bits per heavy atom. The number of hydrogen-bond donors (Lipinski definition) is 0. The third-order valence-electron chi connectivity index (χ3n) is 4.84. The fraction of sp³-hybridized carbons (Fsp3) is 0.688. The lowest BCUT2D eigenvalue weighted by Gasteiger charge is -2.46. The van der Waals surface area contributed by atoms with Gasteiger partial charge in [0.25, 0.3) is 0 Å². The van der Waals surface area contributed by atoms with Gasteiger partial charge in [-0.2, -0.15) is 0 Å². The second kappa shape index (κ2) is 6.20. The molecule has 2 aliphatic heterocycles. The number of carbonyl (C=O) groups is 1. The van der Waals surface area contributed by atoms with Crippen molar-refractivity contribution >= 4 is 11.9 Å². The lowest BCUT2D eigenvalue weighted by Crippen LogP contribution is -2.58. The Morgan fingerprint density at radius 1 is 1.27 bits per heavy atom. The van der Waals surface area contributed by atoms with E-state index in [1.807, 2.05) is 6.07 Å². The summed E-state index contributed by atoms with van der Waals surface area (Å²) in [5, 5.41) is 0. The number of amides is 1. The Kier molecular flexibility index (Phi) is 4.29. The summed E-state index contributed by atoms with van der Waals surface area (Å²) in [5.74, 6) is 1.09. The molecule has 1 amide bonds. The Hall–Kier alpha value is -1.69. The molecule has 120 valence electrons. The van der Waals surface area contributed by atoms with Gasteiger partial charge in [-0.05, 0) is 39.4 Å². The number of aromatic nitrogens is 2. The molecule has 0 radical (unpaired) electrons. The van der Waals surface area contributed by atoms with E-state index in [-0.39, 0.29) is 5.54 Å². The second-order valence-electron chi connectivity index (χ2n) is 6.65. The number of hydrogen-bond acceptors (Lipinski definition) is 5. The highest BCUT2D eigenvalue weighted by atomic mass is 16.2. The zero-order chi connectivity index (χ0) is 15.6. The minimum Gasteiger partial charge on any atom is -0.338 e. The number of nitrogens with zero attached hydrogens (tertiary/aromatic N) is 5. The van der Waals surface area contributed by atoms with Crippen molar-refractivity contribution in [3.63, 3.8) is 0 Å². The molecule has 0 N–H and O–H groups in total. The maximum absolute atomic E-state index is 12.4. The average Bonchev–Trinajstić information content (AvgIpc) is 2.82. The van der Waals surface area contributed by atoms with E-state index in [0.29, 0.717) is 12.3 Å². The Balaban J connectivity index is 1.77. The zero-order valence-corrected chi connectivity index (χ0v) is 13.5. The summed E-state index contributed by atoms with van der Waals surface area (Å²) >= 11 is 0. The van der Waals surface area contributed by atoms with Gasteiger partial charge in [0.2, 0.25) is 11.9 Å². The average molecular weight is 303 g/mol. The van der Waals surface area contributed by atoms with Gasteiger partial charge in [0, 0.05) is 45.0 Å². The van der Waals surface area contributed by atoms with Crippen molar-refractivity contribution in [2.45, 2.75) is 31.2 Å². The van der Waals surface area contributed by atoms with Gasteiger partial charge in [0.05, 0.1) is 5.54 Å². The molecule has 0 aliphatic carbocycles. The summed E-state index contributed by atoms with van der Waals surface area (Å²) in [6.07, 6.45) is 7.39. The second-order valence-corrected chi connectivity index (χ2v) is 6.65. The standard InChI is InChI=1S/C16H25N5O/c1-19(2)11-12-21-14(22)5-7-16(21)6-3-10-20(13-16)15-17-8-4-9-18-15/h4,8-9H,3,5-7,10-13H2,1-2H3. The molecule has 22 heavy (non-hydrogen) atoms. The van der Waals surface area contributed by atoms with Crippen LogP contribution in [0.3, 0.4) is 0 Å². The molecule has 0 saturated carbocycles. The Morgan fingerprint density at radius 3 is 2.77 bits per heavy atom. The highest BCUT2D eigenvalue weighted by Crippen LogP contribution is 2.38. The van der Waals surface area contributed by atoms with Crippen LogP contribution in [0.2, 0.25) is 0 Å². The Bertz CT molecular complexity index is 521. The molecular weight excluding hydrogens is 278 g/mol. The molecule has 1 atom stereocenters. The third kappa shape index (κ3) is 2.92. The van der Waals surface area contributed by atoms with Crippen LogP contribution in [0.1, 0.15) is 25.7 Å². The predicted molar refractivity (Wildman–Crippen MR) is 85.7 cm³/mol. The molecule has 1 unspecified atom stereocenters. The van der Waals surface area contributed by atoms with E-state index < -0.39 is 0 Å². The van der Waals surface area contributed by atoms with Gasteiger partial charge in [0.15, 0.2) is 0 Å². The molecule has 1 aromatic heterocycles. The van der Waals surface area contributed by atoms with Crippen molar-refractivity contribution in [3.8, 4) is 0 Å². The largest absolute Gasteiger partial charge is 0.338 e. The van der Waals surface area contributed by atoms with Crippen molar-refractivity contribution in [1.82, 2.24) is 19.8 Å². The molecule has 2 aliphatic rings. The van der Waals surface area contributed by atoms with Crippen LogP contribution < -0.4 is 4.90 Å². The van der Waals surface area contributed by atoms with E-state index in [9.17, 15) is 4.79 Å². The quantitative estimate of drug-likeness (QED) is 0.830. The summed E-state index contributed by atoms with van der Waals surface area (Å²) in [5.41, 5.74) is -0.0233. The van der Waals surface area contributed by atoms with Crippen molar-refractivity contribution in [1.29, 1.82) is 0 Å². The highest BCUT2D eigenvalue weighted by molar-refractivity contribution is 5.80. The van der Waals surface area contributed by atoms with Crippen molar-refractivity contribution in [2.75, 3.05) is 45.2 Å². The summed E-state index contributed by atoms with van der Waals surface area (Å²) in [4.78, 5) is 27.6. The first-order chi connectivity index (χ1) is 10.6. The third-order valence-corrected chi connectivity index (χ3v) is 4.84. The van der Waals surface area contributed by atoms with Crippen LogP contribution in [0.15, 0.2) is 18.5 Å². The number of likely N-dealkylation sites (tertiary alicyclic amines) is 1. The number of carbonyl (C=O) groups excluding carboxylic acids is 1. The summed E-state index contributed by atoms with van der Waals surface area (Å²) in [6.45, 7) is 3.56. The molecule has 1 spiro atoms. The van der Waals surface area contributed by atoms with Crippen molar-refractivity contribution in [2.24, 2.45) is 0 Å². The van der Waals surface area contributed by atoms with Crippen LogP contribution in [0, 0.1) is 0 Å². The van der Waals surface area contributed by atoms with E-state index in [4.69, 9.17) is 0 Å². The molecule has 1 aromatic rings. The summed E-state index contributed by atoms with van der Waals surface area (Å²) in [6, 6.07) is 1.84. The lowest BCUT2D eigenvalue weighted by atomic mass is 9.86. The van der Waals surface area contributed by atoms with Crippen LogP contribution in [-0.4, -0.2) is 71.5 Å². The van der Waals surface area contributed by atoms with Crippen LogP contribution in [0.25, 0.3) is 0 Å². The van der Waals surface area contributed by atoms with E-state index in [2.05, 4.69) is 38.8 Å². The lowest BCUT2D eigenvalue weighted by molar-refractivity contribution is -0.131. The molecule has 2 saturated heterocycles. The summed E-state index contributed by atoms with van der Waals surface area (Å²) in [7, 11) is 4.11. The Labute approximate surface area is 132 Å². The molecule has 2 fully saturated rings. The first-order valence-corrected chi connectivity index (χ1v) is 8.08. The zero-order valence-electron chi connectivity index (χ0n) is 13.5. The molecule has 3 rings (SSSR count). The normalized spacial score (nSPS) is 25.5. The number of anilines is 1. The summed E-state index contributed by atoms with van der Waals surface area (Å²) < 4.78 is 0. The predicted octanol–water partition coefficient (Wildman–Crippen LogP) is 1.000. The van der Waals surface area contributed by atoms with Crippen molar-refractivity contribution < 1.29 is 4.79 Å². The number of piperidine rings is 1. The molecule has 6 heteroatoms. The van der Waals surface area contributed by atoms with Crippen LogP contribution in [0.4, 0.5) is 5.95 Å². The highest BCUT2D eigenvalue weighted by Gasteiger charge is 2.47. The molecule has 3 heterocycles. The van der Waals surface area contributed by atoms with Gasteiger partial charge in [-0.1, -0.05) is 0 Å². The van der Waals surface area contributed by atoms with Gasteiger partial charge >= 0.3 is 0 Å². The monoisotopic (exact) mass is 303 g/mol. The van der Waals surface area contributed by atoms with Gasteiger partial charge in [-0.15, -0.1) is 0 Å². The molecule has 6 nitrogen and oxygen atoms in total. The fourth-order valence-electron chi connectivity index (χ4n) is 3.70. The van der Waals surface area contributed by atoms with Gasteiger partial charge in [-0.25, -0.2) is 9.97 Å². The topological polar surface area (TPSA) is 52.6 Å². The minimum atomic E-state index is -0.0233. The van der Waals surface area contributed by atoms with Crippen molar-refractivity contribution in [3.05, 3.63) is 18.5 Å². The maximum atomic E-state index is 12.4. The first-order valence-electron chi connectivity index (χ1n) is 8.08. The number of rotatable bonds is 4. The van der Waals surface area contributed by atoms with E-state index in [0.717, 1.165) is 51.4 Å². The van der Waals surface area contributed by atoms with Crippen LogP contribution in [-0.2, 0) is 4.79 Å². The molecular formula is C16H25N5O. The van der Waals surface area contributed by atoms with Gasteiger partial charge in [0.1, 0.15) is 0 Å². The minimum absolute atomic E-state index is 0.0233. The number of likely N-dealkylation sites (N-methyl/N-ethyl adjacent to an activating group) is 1. The van der Waals surface area contributed by atoms with Crippen LogP contribution in [0.5, 0.6) is 0 Å². The van der Waals surface area contributed by atoms with E-state index in [1.165, 1.54) is 0 Å². The fourth-order valence-corrected chi connectivity index (χ4v) is 3.70. The smallest absolute Gasteiger partial charge is 0.225 e. The van der Waals surface area contributed by atoms with E-state index >= 15 is 0 Å². The molecule has 0 bridgehead atoms. The van der Waals surface area contributed by atoms with Gasteiger partial charge in [-0.3, -0.25) is 4.79 Å². The van der Waals surface area contributed by atoms with Crippen LogP contribution >= 0.6 is 0 Å².